The Balaban J connectivity index is 1.10. The summed E-state index contributed by atoms with van der Waals surface area (Å²) in [5, 5.41) is 12.4. The van der Waals surface area contributed by atoms with Crippen molar-refractivity contribution in [1.82, 2.24) is 9.55 Å². The molecule has 12 aromatic rings. The molecule has 0 radical (unpaired) electrons. The van der Waals surface area contributed by atoms with Gasteiger partial charge < -0.3 is 4.57 Å². The van der Waals surface area contributed by atoms with Crippen molar-refractivity contribution in [2.75, 3.05) is 0 Å². The summed E-state index contributed by atoms with van der Waals surface area (Å²) in [6, 6.07) is 79.4. The van der Waals surface area contributed by atoms with Crippen LogP contribution in [0.5, 0.6) is 0 Å². The first-order valence-corrected chi connectivity index (χ1v) is 20.3. The second-order valence-corrected chi connectivity index (χ2v) is 15.5. The maximum Gasteiger partial charge on any atom is 0.0715 e. The Morgan fingerprint density at radius 1 is 0.288 bits per heavy atom. The topological polar surface area (TPSA) is 17.8 Å². The summed E-state index contributed by atoms with van der Waals surface area (Å²) in [5.41, 5.74) is 12.4. The van der Waals surface area contributed by atoms with Gasteiger partial charge in [0.05, 0.1) is 22.4 Å². The molecular formula is C57H36N2. The van der Waals surface area contributed by atoms with Crippen LogP contribution in [0.15, 0.2) is 218 Å². The molecule has 59 heavy (non-hydrogen) atoms. The normalized spacial score (nSPS) is 11.7. The lowest BCUT2D eigenvalue weighted by Gasteiger charge is -2.16. The summed E-state index contributed by atoms with van der Waals surface area (Å²) in [4.78, 5) is 5.33. The minimum absolute atomic E-state index is 0.953. The molecule has 0 spiro atoms. The van der Waals surface area contributed by atoms with Crippen molar-refractivity contribution in [3.8, 4) is 50.5 Å². The molecule has 0 unspecified atom stereocenters. The molecule has 0 fully saturated rings. The van der Waals surface area contributed by atoms with Crippen molar-refractivity contribution in [2.24, 2.45) is 0 Å². The summed E-state index contributed by atoms with van der Waals surface area (Å²) in [7, 11) is 0. The SMILES string of the molecule is c1ccc(-c2cc(-c3ccccc3)nc(-c3ccc4c5ccccc5c5cccc(-c6ccc7c(c6)c6ccccc6n7-c6ccc7ccccc7c6)c5c4c3)c2)cc1. The number of aromatic nitrogens is 2. The molecule has 12 rings (SSSR count). The van der Waals surface area contributed by atoms with Crippen LogP contribution in [0.4, 0.5) is 0 Å². The van der Waals surface area contributed by atoms with Gasteiger partial charge in [-0.2, -0.15) is 0 Å². The zero-order valence-corrected chi connectivity index (χ0v) is 32.2. The maximum absolute atomic E-state index is 5.33. The molecule has 274 valence electrons. The van der Waals surface area contributed by atoms with Crippen molar-refractivity contribution in [2.45, 2.75) is 0 Å². The van der Waals surface area contributed by atoms with E-state index in [2.05, 4.69) is 223 Å². The van der Waals surface area contributed by atoms with Crippen LogP contribution in [0.1, 0.15) is 0 Å². The quantitative estimate of drug-likeness (QED) is 0.160. The van der Waals surface area contributed by atoms with E-state index in [0.29, 0.717) is 0 Å². The van der Waals surface area contributed by atoms with Gasteiger partial charge >= 0.3 is 0 Å². The molecule has 2 heterocycles. The molecule has 0 amide bonds. The van der Waals surface area contributed by atoms with E-state index in [4.69, 9.17) is 4.98 Å². The Morgan fingerprint density at radius 2 is 0.881 bits per heavy atom. The van der Waals surface area contributed by atoms with Gasteiger partial charge in [-0.3, -0.25) is 0 Å². The molecular weight excluding hydrogens is 713 g/mol. The van der Waals surface area contributed by atoms with Crippen LogP contribution in [0, 0.1) is 0 Å². The van der Waals surface area contributed by atoms with Crippen molar-refractivity contribution in [3.05, 3.63) is 218 Å². The van der Waals surface area contributed by atoms with Crippen molar-refractivity contribution >= 4 is 64.9 Å². The van der Waals surface area contributed by atoms with Crippen LogP contribution < -0.4 is 0 Å². The fourth-order valence-electron chi connectivity index (χ4n) is 9.37. The first-order valence-electron chi connectivity index (χ1n) is 20.3. The molecule has 0 saturated carbocycles. The summed E-state index contributed by atoms with van der Waals surface area (Å²) >= 11 is 0. The van der Waals surface area contributed by atoms with Gasteiger partial charge in [0.1, 0.15) is 0 Å². The zero-order valence-electron chi connectivity index (χ0n) is 32.2. The number of para-hydroxylation sites is 1. The molecule has 0 aliphatic rings. The third-order valence-electron chi connectivity index (χ3n) is 12.1. The molecule has 0 bridgehead atoms. The van der Waals surface area contributed by atoms with E-state index in [1.165, 1.54) is 81.6 Å². The van der Waals surface area contributed by atoms with Gasteiger partial charge in [0.15, 0.2) is 0 Å². The Kier molecular flexibility index (Phi) is 7.57. The Bertz CT molecular complexity index is 3540. The minimum Gasteiger partial charge on any atom is -0.309 e. The molecule has 2 heteroatoms. The summed E-state index contributed by atoms with van der Waals surface area (Å²) in [5.74, 6) is 0. The van der Waals surface area contributed by atoms with Gasteiger partial charge in [-0.15, -0.1) is 0 Å². The average molecular weight is 749 g/mol. The van der Waals surface area contributed by atoms with E-state index in [-0.39, 0.29) is 0 Å². The lowest BCUT2D eigenvalue weighted by Crippen LogP contribution is -1.94. The van der Waals surface area contributed by atoms with Crippen molar-refractivity contribution < 1.29 is 0 Å². The van der Waals surface area contributed by atoms with Gasteiger partial charge in [0, 0.05) is 27.6 Å². The van der Waals surface area contributed by atoms with E-state index in [0.717, 1.165) is 33.8 Å². The number of fused-ring (bicyclic) bond motifs is 10. The average Bonchev–Trinajstić information content (AvgIpc) is 3.65. The van der Waals surface area contributed by atoms with E-state index in [1.807, 2.05) is 0 Å². The lowest BCUT2D eigenvalue weighted by molar-refractivity contribution is 1.19. The lowest BCUT2D eigenvalue weighted by atomic mass is 9.88. The highest BCUT2D eigenvalue weighted by Crippen LogP contribution is 2.43. The molecule has 0 aliphatic heterocycles. The Labute approximate surface area is 341 Å². The van der Waals surface area contributed by atoms with Gasteiger partial charge in [-0.25, -0.2) is 4.98 Å². The van der Waals surface area contributed by atoms with Gasteiger partial charge in [0.2, 0.25) is 0 Å². The van der Waals surface area contributed by atoms with Crippen molar-refractivity contribution in [1.29, 1.82) is 0 Å². The van der Waals surface area contributed by atoms with Gasteiger partial charge in [0.25, 0.3) is 0 Å². The Hall–Kier alpha value is -7.81. The van der Waals surface area contributed by atoms with E-state index in [1.54, 1.807) is 0 Å². The van der Waals surface area contributed by atoms with Crippen LogP contribution in [0.25, 0.3) is 115 Å². The van der Waals surface area contributed by atoms with E-state index < -0.39 is 0 Å². The van der Waals surface area contributed by atoms with E-state index in [9.17, 15) is 0 Å². The number of hydrogen-bond donors (Lipinski definition) is 0. The van der Waals surface area contributed by atoms with Crippen molar-refractivity contribution in [3.63, 3.8) is 0 Å². The molecule has 0 saturated heterocycles. The molecule has 2 nitrogen and oxygen atoms in total. The minimum atomic E-state index is 0.953. The van der Waals surface area contributed by atoms with Crippen LogP contribution in [-0.2, 0) is 0 Å². The highest BCUT2D eigenvalue weighted by molar-refractivity contribution is 6.29. The number of rotatable bonds is 5. The standard InChI is InChI=1S/C57H36N2/c1-3-14-37(15-4-1)43-35-53(39-17-5-2-6-18-39)58-54(36-43)42-27-30-48-46-20-9-10-21-47(46)50-24-13-23-45(57(50)52(48)34-42)41-28-31-56-51(33-41)49-22-11-12-25-55(49)59(56)44-29-26-38-16-7-8-19-40(38)32-44/h1-36H. The first kappa shape index (κ1) is 33.3. The molecule has 0 atom stereocenters. The summed E-state index contributed by atoms with van der Waals surface area (Å²) in [6.45, 7) is 0. The third-order valence-corrected chi connectivity index (χ3v) is 12.1. The van der Waals surface area contributed by atoms with Gasteiger partial charge in [-0.1, -0.05) is 170 Å². The molecule has 0 N–H and O–H groups in total. The predicted molar refractivity (Wildman–Crippen MR) is 250 cm³/mol. The second kappa shape index (κ2) is 13.4. The van der Waals surface area contributed by atoms with Crippen LogP contribution in [-0.4, -0.2) is 9.55 Å². The highest BCUT2D eigenvalue weighted by Gasteiger charge is 2.18. The zero-order chi connectivity index (χ0) is 38.9. The van der Waals surface area contributed by atoms with Gasteiger partial charge in [-0.05, 0) is 114 Å². The molecule has 10 aromatic carbocycles. The number of nitrogens with zero attached hydrogens (tertiary/aromatic N) is 2. The van der Waals surface area contributed by atoms with Crippen LogP contribution in [0.3, 0.4) is 0 Å². The smallest absolute Gasteiger partial charge is 0.0715 e. The van der Waals surface area contributed by atoms with Crippen LogP contribution in [0.2, 0.25) is 0 Å². The number of hydrogen-bond acceptors (Lipinski definition) is 1. The summed E-state index contributed by atoms with van der Waals surface area (Å²) in [6.07, 6.45) is 0. The maximum atomic E-state index is 5.33. The largest absolute Gasteiger partial charge is 0.309 e. The fraction of sp³-hybridized carbons (Fsp3) is 0. The van der Waals surface area contributed by atoms with E-state index >= 15 is 0 Å². The molecule has 0 aliphatic carbocycles. The van der Waals surface area contributed by atoms with Crippen LogP contribution >= 0.6 is 0 Å². The monoisotopic (exact) mass is 748 g/mol. The number of pyridine rings is 1. The summed E-state index contributed by atoms with van der Waals surface area (Å²) < 4.78 is 2.42. The predicted octanol–water partition coefficient (Wildman–Crippen LogP) is 15.5. The number of benzene rings is 10. The second-order valence-electron chi connectivity index (χ2n) is 15.5. The molecule has 2 aromatic heterocycles. The Morgan fingerprint density at radius 3 is 1.69 bits per heavy atom. The highest BCUT2D eigenvalue weighted by atomic mass is 15.0. The fourth-order valence-corrected chi connectivity index (χ4v) is 9.37. The first-order chi connectivity index (χ1) is 29.2. The third kappa shape index (κ3) is 5.45.